The van der Waals surface area contributed by atoms with Crippen LogP contribution in [0.15, 0.2) is 23.1 Å². The van der Waals surface area contributed by atoms with Gasteiger partial charge in [-0.3, -0.25) is 0 Å². The highest BCUT2D eigenvalue weighted by molar-refractivity contribution is 7.99. The first-order chi connectivity index (χ1) is 8.92. The Morgan fingerprint density at radius 2 is 2.11 bits per heavy atom. The molecule has 0 saturated carbocycles. The van der Waals surface area contributed by atoms with Crippen molar-refractivity contribution in [2.75, 3.05) is 11.5 Å². The lowest BCUT2D eigenvalue weighted by Gasteiger charge is -2.16. The zero-order valence-electron chi connectivity index (χ0n) is 11.5. The number of nitrogens with one attached hydrogen (secondary N) is 1. The maximum Gasteiger partial charge on any atom is 0.241 e. The number of thioether (sulfide) groups is 1. The van der Waals surface area contributed by atoms with E-state index in [9.17, 15) is 13.5 Å². The van der Waals surface area contributed by atoms with E-state index in [1.165, 1.54) is 0 Å². The van der Waals surface area contributed by atoms with Gasteiger partial charge in [0.2, 0.25) is 10.0 Å². The standard InChI is InChI=1S/C13H21NO3S2/c1-4-18-9-10(2)14-19(16,17)13-7-5-6-12(8-15)11(13)3/h5-7,10,14-15H,4,8-9H2,1-3H3. The Hall–Kier alpha value is -0.560. The number of rotatable bonds is 7. The number of aliphatic hydroxyl groups excluding tert-OH is 1. The zero-order chi connectivity index (χ0) is 14.5. The fourth-order valence-electron chi connectivity index (χ4n) is 1.78. The molecule has 1 aromatic carbocycles. The van der Waals surface area contributed by atoms with Gasteiger partial charge in [0.1, 0.15) is 0 Å². The summed E-state index contributed by atoms with van der Waals surface area (Å²) in [4.78, 5) is 0.243. The Morgan fingerprint density at radius 1 is 1.42 bits per heavy atom. The first kappa shape index (κ1) is 16.5. The second-order valence-electron chi connectivity index (χ2n) is 4.38. The molecule has 0 aliphatic heterocycles. The van der Waals surface area contributed by atoms with Crippen LogP contribution in [-0.2, 0) is 16.6 Å². The van der Waals surface area contributed by atoms with Gasteiger partial charge in [-0.25, -0.2) is 13.1 Å². The normalized spacial score (nSPS) is 13.5. The molecule has 0 bridgehead atoms. The van der Waals surface area contributed by atoms with Gasteiger partial charge in [0, 0.05) is 11.8 Å². The Labute approximate surface area is 119 Å². The average Bonchev–Trinajstić information content (AvgIpc) is 2.35. The van der Waals surface area contributed by atoms with Crippen molar-refractivity contribution in [3.63, 3.8) is 0 Å². The van der Waals surface area contributed by atoms with E-state index in [4.69, 9.17) is 0 Å². The molecule has 19 heavy (non-hydrogen) atoms. The molecule has 1 rings (SSSR count). The van der Waals surface area contributed by atoms with Crippen LogP contribution in [-0.4, -0.2) is 31.1 Å². The Bertz CT molecular complexity index is 515. The molecule has 0 aliphatic rings. The van der Waals surface area contributed by atoms with Gasteiger partial charge in [-0.2, -0.15) is 11.8 Å². The summed E-state index contributed by atoms with van der Waals surface area (Å²) in [6.45, 7) is 5.45. The van der Waals surface area contributed by atoms with Gasteiger partial charge in [-0.05, 0) is 36.8 Å². The van der Waals surface area contributed by atoms with Crippen molar-refractivity contribution < 1.29 is 13.5 Å². The van der Waals surface area contributed by atoms with Crippen molar-refractivity contribution in [3.8, 4) is 0 Å². The highest BCUT2D eigenvalue weighted by Gasteiger charge is 2.20. The summed E-state index contributed by atoms with van der Waals surface area (Å²) in [5.41, 5.74) is 1.24. The molecule has 0 saturated heterocycles. The summed E-state index contributed by atoms with van der Waals surface area (Å²) in [6, 6.07) is 4.83. The molecule has 1 unspecified atom stereocenters. The van der Waals surface area contributed by atoms with E-state index >= 15 is 0 Å². The van der Waals surface area contributed by atoms with Crippen LogP contribution >= 0.6 is 11.8 Å². The van der Waals surface area contributed by atoms with Crippen molar-refractivity contribution in [2.45, 2.75) is 38.3 Å². The minimum absolute atomic E-state index is 0.118. The maximum absolute atomic E-state index is 12.3. The molecule has 0 fully saturated rings. The van der Waals surface area contributed by atoms with E-state index in [0.29, 0.717) is 11.1 Å². The Kier molecular flexibility index (Phi) is 6.32. The molecular weight excluding hydrogens is 282 g/mol. The van der Waals surface area contributed by atoms with Crippen molar-refractivity contribution in [3.05, 3.63) is 29.3 Å². The first-order valence-electron chi connectivity index (χ1n) is 6.21. The number of hydrogen-bond acceptors (Lipinski definition) is 4. The van der Waals surface area contributed by atoms with Crippen LogP contribution in [0.3, 0.4) is 0 Å². The topological polar surface area (TPSA) is 66.4 Å². The molecule has 0 aliphatic carbocycles. The quantitative estimate of drug-likeness (QED) is 0.807. The minimum atomic E-state index is -3.53. The van der Waals surface area contributed by atoms with E-state index in [-0.39, 0.29) is 17.5 Å². The summed E-state index contributed by atoms with van der Waals surface area (Å²) in [6.07, 6.45) is 0. The molecule has 1 aromatic rings. The summed E-state index contributed by atoms with van der Waals surface area (Å²) in [5, 5.41) is 9.19. The Morgan fingerprint density at radius 3 is 2.68 bits per heavy atom. The van der Waals surface area contributed by atoms with Crippen molar-refractivity contribution in [1.29, 1.82) is 0 Å². The largest absolute Gasteiger partial charge is 0.392 e. The average molecular weight is 303 g/mol. The zero-order valence-corrected chi connectivity index (χ0v) is 13.1. The van der Waals surface area contributed by atoms with Gasteiger partial charge >= 0.3 is 0 Å². The fraction of sp³-hybridized carbons (Fsp3) is 0.538. The van der Waals surface area contributed by atoms with Crippen molar-refractivity contribution in [2.24, 2.45) is 0 Å². The predicted octanol–water partition coefficient (Wildman–Crippen LogP) is 1.91. The SMILES string of the molecule is CCSCC(C)NS(=O)(=O)c1cccc(CO)c1C. The van der Waals surface area contributed by atoms with Gasteiger partial charge in [-0.15, -0.1) is 0 Å². The molecule has 0 radical (unpaired) electrons. The number of hydrogen-bond donors (Lipinski definition) is 2. The molecule has 4 nitrogen and oxygen atoms in total. The predicted molar refractivity (Wildman–Crippen MR) is 79.9 cm³/mol. The third-order valence-corrected chi connectivity index (χ3v) is 5.66. The molecule has 1 atom stereocenters. The van der Waals surface area contributed by atoms with Crippen LogP contribution in [0, 0.1) is 6.92 Å². The van der Waals surface area contributed by atoms with Crippen molar-refractivity contribution in [1.82, 2.24) is 4.72 Å². The van der Waals surface area contributed by atoms with Crippen LogP contribution in [0.25, 0.3) is 0 Å². The van der Waals surface area contributed by atoms with Crippen LogP contribution in [0.4, 0.5) is 0 Å². The first-order valence-corrected chi connectivity index (χ1v) is 8.85. The van der Waals surface area contributed by atoms with Gasteiger partial charge in [0.15, 0.2) is 0 Å². The fourth-order valence-corrected chi connectivity index (χ4v) is 4.09. The van der Waals surface area contributed by atoms with Gasteiger partial charge in [0.05, 0.1) is 11.5 Å². The molecule has 0 aromatic heterocycles. The van der Waals surface area contributed by atoms with Crippen molar-refractivity contribution >= 4 is 21.8 Å². The highest BCUT2D eigenvalue weighted by atomic mass is 32.2. The maximum atomic E-state index is 12.3. The van der Waals surface area contributed by atoms with E-state index in [1.54, 1.807) is 36.9 Å². The number of aliphatic hydroxyl groups is 1. The van der Waals surface area contributed by atoms with E-state index in [2.05, 4.69) is 4.72 Å². The van der Waals surface area contributed by atoms with E-state index in [1.807, 2.05) is 13.8 Å². The Balaban J connectivity index is 2.94. The van der Waals surface area contributed by atoms with Crippen LogP contribution in [0.2, 0.25) is 0 Å². The van der Waals surface area contributed by atoms with Crippen LogP contribution in [0.1, 0.15) is 25.0 Å². The monoisotopic (exact) mass is 303 g/mol. The summed E-state index contributed by atoms with van der Waals surface area (Å²) in [7, 11) is -3.53. The second-order valence-corrected chi connectivity index (χ2v) is 7.38. The smallest absolute Gasteiger partial charge is 0.241 e. The van der Waals surface area contributed by atoms with Gasteiger partial charge in [0.25, 0.3) is 0 Å². The summed E-state index contributed by atoms with van der Waals surface area (Å²) >= 11 is 1.70. The van der Waals surface area contributed by atoms with E-state index in [0.717, 1.165) is 11.5 Å². The molecule has 0 spiro atoms. The third-order valence-electron chi connectivity index (χ3n) is 2.78. The number of sulfonamides is 1. The molecule has 0 amide bonds. The number of benzene rings is 1. The molecule has 6 heteroatoms. The molecular formula is C13H21NO3S2. The lowest BCUT2D eigenvalue weighted by Crippen LogP contribution is -2.34. The van der Waals surface area contributed by atoms with Gasteiger partial charge in [-0.1, -0.05) is 19.1 Å². The molecule has 2 N–H and O–H groups in total. The van der Waals surface area contributed by atoms with Crippen LogP contribution in [0.5, 0.6) is 0 Å². The highest BCUT2D eigenvalue weighted by Crippen LogP contribution is 2.19. The second kappa shape index (κ2) is 7.28. The molecule has 108 valence electrons. The third kappa shape index (κ3) is 4.49. The van der Waals surface area contributed by atoms with Gasteiger partial charge < -0.3 is 5.11 Å². The molecule has 0 heterocycles. The minimum Gasteiger partial charge on any atom is -0.392 e. The lowest BCUT2D eigenvalue weighted by atomic mass is 10.1. The summed E-state index contributed by atoms with van der Waals surface area (Å²) < 4.78 is 27.3. The summed E-state index contributed by atoms with van der Waals surface area (Å²) in [5.74, 6) is 1.71. The van der Waals surface area contributed by atoms with Crippen LogP contribution < -0.4 is 4.72 Å². The lowest BCUT2D eigenvalue weighted by molar-refractivity contribution is 0.280. The van der Waals surface area contributed by atoms with E-state index < -0.39 is 10.0 Å².